The molecule has 0 radical (unpaired) electrons. The quantitative estimate of drug-likeness (QED) is 0.724. The van der Waals surface area contributed by atoms with Gasteiger partial charge in [-0.15, -0.1) is 0 Å². The molecular weight excluding hydrogens is 428 g/mol. The summed E-state index contributed by atoms with van der Waals surface area (Å²) in [7, 11) is 1.77. The highest BCUT2D eigenvalue weighted by Gasteiger charge is 2.20. The van der Waals surface area contributed by atoms with Gasteiger partial charge < -0.3 is 19.3 Å². The first-order valence-corrected chi connectivity index (χ1v) is 9.05. The number of benzene rings is 1. The molecule has 0 aliphatic carbocycles. The Morgan fingerprint density at radius 2 is 1.87 bits per heavy atom. The summed E-state index contributed by atoms with van der Waals surface area (Å²) >= 11 is 6.59. The van der Waals surface area contributed by atoms with Gasteiger partial charge in [0.25, 0.3) is 5.91 Å². The molecule has 1 amide bonds. The molecule has 1 heterocycles. The molecule has 0 fully saturated rings. The van der Waals surface area contributed by atoms with Crippen LogP contribution >= 0.6 is 31.9 Å². The summed E-state index contributed by atoms with van der Waals surface area (Å²) in [6, 6.07) is 3.31. The number of furan rings is 1. The summed E-state index contributed by atoms with van der Waals surface area (Å²) in [6.45, 7) is 7.59. The number of likely N-dealkylation sites (N-methyl/N-ethyl adjacent to an activating group) is 2. The van der Waals surface area contributed by atoms with Crippen molar-refractivity contribution in [2.75, 3.05) is 33.2 Å². The lowest BCUT2D eigenvalue weighted by molar-refractivity contribution is 0.0751. The SMILES string of the molecule is CCN(CC)CCN(C)C(=O)c1cc2c(Br)c(O)c(Br)cc2o1. The van der Waals surface area contributed by atoms with E-state index in [2.05, 4.69) is 50.6 Å². The first kappa shape index (κ1) is 18.3. The molecular formula is C16H20Br2N2O3. The molecule has 0 aliphatic rings. The lowest BCUT2D eigenvalue weighted by Gasteiger charge is -2.22. The molecule has 2 rings (SSSR count). The number of hydrogen-bond acceptors (Lipinski definition) is 4. The summed E-state index contributed by atoms with van der Waals surface area (Å²) in [5, 5.41) is 10.6. The standard InChI is InChI=1S/C16H20Br2N2O3/c1-4-20(5-2)7-6-19(3)16(22)13-8-10-12(23-13)9-11(17)15(21)14(10)18/h8-9,21H,4-7H2,1-3H3. The van der Waals surface area contributed by atoms with Gasteiger partial charge in [-0.2, -0.15) is 0 Å². The van der Waals surface area contributed by atoms with E-state index in [1.807, 2.05) is 0 Å². The number of amides is 1. The monoisotopic (exact) mass is 446 g/mol. The van der Waals surface area contributed by atoms with E-state index in [0.29, 0.717) is 26.5 Å². The van der Waals surface area contributed by atoms with Crippen LogP contribution in [0.4, 0.5) is 0 Å². The van der Waals surface area contributed by atoms with Crippen molar-refractivity contribution in [2.24, 2.45) is 0 Å². The number of carbonyl (C=O) groups is 1. The number of carbonyl (C=O) groups excluding carboxylic acids is 1. The molecule has 0 saturated heterocycles. The molecule has 7 heteroatoms. The van der Waals surface area contributed by atoms with E-state index >= 15 is 0 Å². The van der Waals surface area contributed by atoms with Gasteiger partial charge in [-0.1, -0.05) is 13.8 Å². The Kier molecular flexibility index (Phi) is 6.11. The Hall–Kier alpha value is -1.05. The van der Waals surface area contributed by atoms with Crippen LogP contribution in [0, 0.1) is 0 Å². The number of phenols is 1. The van der Waals surface area contributed by atoms with Gasteiger partial charge in [0.1, 0.15) is 11.3 Å². The molecule has 0 spiro atoms. The third-order valence-corrected chi connectivity index (χ3v) is 5.30. The van der Waals surface area contributed by atoms with E-state index in [1.165, 1.54) is 0 Å². The molecule has 0 saturated carbocycles. The molecule has 23 heavy (non-hydrogen) atoms. The van der Waals surface area contributed by atoms with Gasteiger partial charge in [0.2, 0.25) is 0 Å². The van der Waals surface area contributed by atoms with Crippen LogP contribution in [0.2, 0.25) is 0 Å². The van der Waals surface area contributed by atoms with Crippen molar-refractivity contribution in [1.82, 2.24) is 9.80 Å². The zero-order valence-corrected chi connectivity index (χ0v) is 16.6. The fourth-order valence-corrected chi connectivity index (χ4v) is 3.52. The van der Waals surface area contributed by atoms with Crippen molar-refractivity contribution in [3.05, 3.63) is 26.8 Å². The normalized spacial score (nSPS) is 11.4. The number of nitrogens with zero attached hydrogens (tertiary/aromatic N) is 2. The van der Waals surface area contributed by atoms with Crippen molar-refractivity contribution >= 4 is 48.7 Å². The summed E-state index contributed by atoms with van der Waals surface area (Å²) in [5.41, 5.74) is 0.544. The van der Waals surface area contributed by atoms with Crippen LogP contribution in [0.5, 0.6) is 5.75 Å². The van der Waals surface area contributed by atoms with E-state index in [1.54, 1.807) is 24.1 Å². The van der Waals surface area contributed by atoms with Gasteiger partial charge in [0.05, 0.1) is 8.95 Å². The summed E-state index contributed by atoms with van der Waals surface area (Å²) in [4.78, 5) is 16.4. The molecule has 0 bridgehead atoms. The average Bonchev–Trinajstić information content (AvgIpc) is 2.96. The molecule has 2 aromatic rings. The Morgan fingerprint density at radius 1 is 1.22 bits per heavy atom. The minimum absolute atomic E-state index is 0.0900. The number of phenolic OH excluding ortho intramolecular Hbond substituents is 1. The van der Waals surface area contributed by atoms with Gasteiger partial charge in [-0.05, 0) is 57.1 Å². The molecule has 126 valence electrons. The first-order chi connectivity index (χ1) is 10.9. The van der Waals surface area contributed by atoms with Crippen LogP contribution in [0.1, 0.15) is 24.4 Å². The van der Waals surface area contributed by atoms with E-state index in [4.69, 9.17) is 4.42 Å². The van der Waals surface area contributed by atoms with E-state index in [-0.39, 0.29) is 17.4 Å². The fourth-order valence-electron chi connectivity index (χ4n) is 2.33. The predicted octanol–water partition coefficient (Wildman–Crippen LogP) is 4.08. The van der Waals surface area contributed by atoms with E-state index in [0.717, 1.165) is 19.6 Å². The Balaban J connectivity index is 2.19. The Bertz CT molecular complexity index is 711. The number of halogens is 2. The number of aromatic hydroxyl groups is 1. The van der Waals surface area contributed by atoms with Gasteiger partial charge in [0, 0.05) is 25.5 Å². The molecule has 1 N–H and O–H groups in total. The maximum Gasteiger partial charge on any atom is 0.289 e. The maximum absolute atomic E-state index is 12.5. The summed E-state index contributed by atoms with van der Waals surface area (Å²) < 4.78 is 6.67. The van der Waals surface area contributed by atoms with Crippen molar-refractivity contribution in [1.29, 1.82) is 0 Å². The molecule has 1 aromatic heterocycles. The lowest BCUT2D eigenvalue weighted by atomic mass is 10.2. The van der Waals surface area contributed by atoms with Crippen molar-refractivity contribution in [3.8, 4) is 5.75 Å². The number of fused-ring (bicyclic) bond motifs is 1. The van der Waals surface area contributed by atoms with Gasteiger partial charge in [-0.25, -0.2) is 0 Å². The van der Waals surface area contributed by atoms with Gasteiger partial charge >= 0.3 is 0 Å². The highest BCUT2D eigenvalue weighted by atomic mass is 79.9. The zero-order valence-electron chi connectivity index (χ0n) is 13.4. The Labute approximate surface area is 152 Å². The molecule has 0 unspecified atom stereocenters. The van der Waals surface area contributed by atoms with Crippen molar-refractivity contribution in [2.45, 2.75) is 13.8 Å². The minimum Gasteiger partial charge on any atom is -0.506 e. The second-order valence-corrected chi connectivity index (χ2v) is 6.94. The zero-order chi connectivity index (χ0) is 17.1. The van der Waals surface area contributed by atoms with Crippen molar-refractivity contribution < 1.29 is 14.3 Å². The van der Waals surface area contributed by atoms with Crippen LogP contribution in [0.15, 0.2) is 25.5 Å². The third kappa shape index (κ3) is 3.89. The fraction of sp³-hybridized carbons (Fsp3) is 0.438. The highest BCUT2D eigenvalue weighted by molar-refractivity contribution is 9.11. The third-order valence-electron chi connectivity index (χ3n) is 3.89. The lowest BCUT2D eigenvalue weighted by Crippen LogP contribution is -2.36. The topological polar surface area (TPSA) is 56.9 Å². The van der Waals surface area contributed by atoms with Crippen molar-refractivity contribution in [3.63, 3.8) is 0 Å². The summed E-state index contributed by atoms with van der Waals surface area (Å²) in [6.07, 6.45) is 0. The smallest absolute Gasteiger partial charge is 0.289 e. The van der Waals surface area contributed by atoms with E-state index < -0.39 is 0 Å². The van der Waals surface area contributed by atoms with Crippen LogP contribution in [-0.2, 0) is 0 Å². The summed E-state index contributed by atoms with van der Waals surface area (Å²) in [5.74, 6) is 0.184. The minimum atomic E-state index is -0.170. The largest absolute Gasteiger partial charge is 0.506 e. The molecule has 0 atom stereocenters. The predicted molar refractivity (Wildman–Crippen MR) is 98.0 cm³/mol. The first-order valence-electron chi connectivity index (χ1n) is 7.47. The van der Waals surface area contributed by atoms with E-state index in [9.17, 15) is 9.90 Å². The molecule has 5 nitrogen and oxygen atoms in total. The second-order valence-electron chi connectivity index (χ2n) is 5.30. The van der Waals surface area contributed by atoms with Crippen LogP contribution in [0.25, 0.3) is 11.0 Å². The maximum atomic E-state index is 12.5. The van der Waals surface area contributed by atoms with Crippen LogP contribution < -0.4 is 0 Å². The second kappa shape index (κ2) is 7.68. The Morgan fingerprint density at radius 3 is 2.48 bits per heavy atom. The number of rotatable bonds is 6. The number of hydrogen-bond donors (Lipinski definition) is 1. The molecule has 0 aliphatic heterocycles. The van der Waals surface area contributed by atoms with Gasteiger partial charge in [-0.3, -0.25) is 4.79 Å². The van der Waals surface area contributed by atoms with Gasteiger partial charge in [0.15, 0.2) is 5.76 Å². The van der Waals surface area contributed by atoms with Crippen LogP contribution in [0.3, 0.4) is 0 Å². The molecule has 1 aromatic carbocycles. The highest BCUT2D eigenvalue weighted by Crippen LogP contribution is 2.40. The average molecular weight is 448 g/mol. The van der Waals surface area contributed by atoms with Crippen LogP contribution in [-0.4, -0.2) is 54.0 Å².